The number of carbonyl (C=O) groups excluding carboxylic acids is 2. The Balaban J connectivity index is 1.60. The lowest BCUT2D eigenvalue weighted by atomic mass is 10.3. The molecular formula is C13H18N4O3S. The van der Waals surface area contributed by atoms with Crippen molar-refractivity contribution in [3.05, 3.63) is 24.2 Å². The van der Waals surface area contributed by atoms with Crippen LogP contribution in [0, 0.1) is 0 Å². The summed E-state index contributed by atoms with van der Waals surface area (Å²) >= 11 is 5.07. The molecule has 1 aliphatic rings. The van der Waals surface area contributed by atoms with Gasteiger partial charge >= 0.3 is 0 Å². The van der Waals surface area contributed by atoms with Gasteiger partial charge in [0, 0.05) is 6.04 Å². The third-order valence-corrected chi connectivity index (χ3v) is 3.38. The Hall–Kier alpha value is -2.09. The molecule has 0 bridgehead atoms. The van der Waals surface area contributed by atoms with Crippen molar-refractivity contribution < 1.29 is 14.0 Å². The highest BCUT2D eigenvalue weighted by Gasteiger charge is 2.15. The fourth-order valence-corrected chi connectivity index (χ4v) is 2.34. The number of hydrogen-bond donors (Lipinski definition) is 4. The molecule has 0 unspecified atom stereocenters. The Morgan fingerprint density at radius 3 is 2.71 bits per heavy atom. The Labute approximate surface area is 127 Å². The fraction of sp³-hybridized carbons (Fsp3) is 0.462. The van der Waals surface area contributed by atoms with Crippen molar-refractivity contribution in [1.82, 2.24) is 21.5 Å². The van der Waals surface area contributed by atoms with Gasteiger partial charge in [0.15, 0.2) is 10.9 Å². The summed E-state index contributed by atoms with van der Waals surface area (Å²) in [6.07, 6.45) is 5.98. The van der Waals surface area contributed by atoms with Gasteiger partial charge in [0.05, 0.1) is 12.8 Å². The molecule has 0 aromatic carbocycles. The van der Waals surface area contributed by atoms with Crippen LogP contribution in [0.2, 0.25) is 0 Å². The summed E-state index contributed by atoms with van der Waals surface area (Å²) in [6.45, 7) is -0.168. The molecule has 1 aliphatic carbocycles. The first-order chi connectivity index (χ1) is 10.1. The van der Waals surface area contributed by atoms with Gasteiger partial charge in [0.2, 0.25) is 0 Å². The number of thiocarbonyl (C=S) groups is 1. The molecule has 114 valence electrons. The van der Waals surface area contributed by atoms with E-state index in [4.69, 9.17) is 16.6 Å². The van der Waals surface area contributed by atoms with Gasteiger partial charge in [0.25, 0.3) is 11.8 Å². The standard InChI is InChI=1S/C13H18N4O3S/c18-11(8-14-12(19)10-6-3-7-20-10)16-17-13(21)15-9-4-1-2-5-9/h3,6-7,9H,1-2,4-5,8H2,(H,14,19)(H,16,18)(H2,15,17,21). The topological polar surface area (TPSA) is 95.4 Å². The van der Waals surface area contributed by atoms with Crippen molar-refractivity contribution >= 4 is 29.1 Å². The zero-order valence-corrected chi connectivity index (χ0v) is 12.3. The van der Waals surface area contributed by atoms with Crippen LogP contribution < -0.4 is 21.5 Å². The molecule has 2 amide bonds. The first-order valence-corrected chi connectivity index (χ1v) is 7.23. The Morgan fingerprint density at radius 2 is 2.05 bits per heavy atom. The number of amides is 2. The van der Waals surface area contributed by atoms with Crippen LogP contribution in [0.25, 0.3) is 0 Å². The van der Waals surface area contributed by atoms with Crippen LogP contribution in [0.5, 0.6) is 0 Å². The molecule has 0 saturated heterocycles. The lowest BCUT2D eigenvalue weighted by molar-refractivity contribution is -0.120. The number of carbonyl (C=O) groups is 2. The van der Waals surface area contributed by atoms with Crippen molar-refractivity contribution in [1.29, 1.82) is 0 Å². The number of rotatable bonds is 4. The van der Waals surface area contributed by atoms with Gasteiger partial charge in [-0.1, -0.05) is 12.8 Å². The molecule has 8 heteroatoms. The van der Waals surface area contributed by atoms with E-state index in [1.165, 1.54) is 25.2 Å². The quantitative estimate of drug-likeness (QED) is 0.476. The molecule has 1 heterocycles. The van der Waals surface area contributed by atoms with Crippen molar-refractivity contribution in [2.24, 2.45) is 0 Å². The van der Waals surface area contributed by atoms with Gasteiger partial charge in [-0.3, -0.25) is 20.4 Å². The Bertz CT molecular complexity index is 498. The zero-order valence-electron chi connectivity index (χ0n) is 11.5. The number of hydrazine groups is 1. The molecule has 0 radical (unpaired) electrons. The van der Waals surface area contributed by atoms with Crippen molar-refractivity contribution in [3.63, 3.8) is 0 Å². The van der Waals surface area contributed by atoms with Crippen LogP contribution in [0.4, 0.5) is 0 Å². The molecule has 1 saturated carbocycles. The second-order valence-corrected chi connectivity index (χ2v) is 5.20. The average Bonchev–Trinajstić information content (AvgIpc) is 3.15. The van der Waals surface area contributed by atoms with Gasteiger partial charge in [-0.05, 0) is 37.2 Å². The van der Waals surface area contributed by atoms with E-state index < -0.39 is 11.8 Å². The van der Waals surface area contributed by atoms with E-state index in [0.29, 0.717) is 11.2 Å². The molecule has 1 fully saturated rings. The van der Waals surface area contributed by atoms with Gasteiger partial charge < -0.3 is 15.1 Å². The summed E-state index contributed by atoms with van der Waals surface area (Å²) in [7, 11) is 0. The Morgan fingerprint density at radius 1 is 1.29 bits per heavy atom. The van der Waals surface area contributed by atoms with E-state index in [1.54, 1.807) is 6.07 Å². The Kier molecular flexibility index (Phi) is 5.56. The van der Waals surface area contributed by atoms with Crippen molar-refractivity contribution in [2.45, 2.75) is 31.7 Å². The molecular weight excluding hydrogens is 292 g/mol. The molecule has 2 rings (SSSR count). The van der Waals surface area contributed by atoms with Crippen LogP contribution in [0.1, 0.15) is 36.2 Å². The lowest BCUT2D eigenvalue weighted by Gasteiger charge is -2.16. The molecule has 0 atom stereocenters. The summed E-state index contributed by atoms with van der Waals surface area (Å²) in [5.74, 6) is -0.679. The first-order valence-electron chi connectivity index (χ1n) is 6.82. The van der Waals surface area contributed by atoms with E-state index in [9.17, 15) is 9.59 Å². The first kappa shape index (κ1) is 15.3. The second-order valence-electron chi connectivity index (χ2n) is 4.79. The summed E-state index contributed by atoms with van der Waals surface area (Å²) in [5, 5.41) is 5.94. The molecule has 0 aliphatic heterocycles. The third kappa shape index (κ3) is 5.07. The van der Waals surface area contributed by atoms with E-state index >= 15 is 0 Å². The monoisotopic (exact) mass is 310 g/mol. The second kappa shape index (κ2) is 7.63. The molecule has 0 spiro atoms. The van der Waals surface area contributed by atoms with E-state index in [2.05, 4.69) is 21.5 Å². The van der Waals surface area contributed by atoms with Gasteiger partial charge in [-0.25, -0.2) is 0 Å². The maximum Gasteiger partial charge on any atom is 0.287 e. The summed E-state index contributed by atoms with van der Waals surface area (Å²) in [4.78, 5) is 23.1. The lowest BCUT2D eigenvalue weighted by Crippen LogP contribution is -2.51. The molecule has 7 nitrogen and oxygen atoms in total. The van der Waals surface area contributed by atoms with E-state index in [1.807, 2.05) is 0 Å². The van der Waals surface area contributed by atoms with Gasteiger partial charge in [-0.2, -0.15) is 0 Å². The predicted octanol–water partition coefficient (Wildman–Crippen LogP) is 0.447. The minimum absolute atomic E-state index is 0.161. The van der Waals surface area contributed by atoms with Crippen LogP contribution in [-0.4, -0.2) is 29.5 Å². The minimum Gasteiger partial charge on any atom is -0.459 e. The molecule has 4 N–H and O–H groups in total. The summed E-state index contributed by atoms with van der Waals surface area (Å²) < 4.78 is 4.91. The summed E-state index contributed by atoms with van der Waals surface area (Å²) in [5.41, 5.74) is 5.03. The minimum atomic E-state index is -0.443. The van der Waals surface area contributed by atoms with Crippen molar-refractivity contribution in [2.75, 3.05) is 6.54 Å². The van der Waals surface area contributed by atoms with Crippen LogP contribution in [0.15, 0.2) is 22.8 Å². The molecule has 1 aromatic rings. The van der Waals surface area contributed by atoms with Gasteiger partial charge in [0.1, 0.15) is 0 Å². The van der Waals surface area contributed by atoms with Crippen LogP contribution >= 0.6 is 12.2 Å². The molecule has 1 aromatic heterocycles. The third-order valence-electron chi connectivity index (χ3n) is 3.16. The van der Waals surface area contributed by atoms with Crippen molar-refractivity contribution in [3.8, 4) is 0 Å². The highest BCUT2D eigenvalue weighted by molar-refractivity contribution is 7.80. The number of furan rings is 1. The predicted molar refractivity (Wildman–Crippen MR) is 80.3 cm³/mol. The van der Waals surface area contributed by atoms with Gasteiger partial charge in [-0.15, -0.1) is 0 Å². The van der Waals surface area contributed by atoms with E-state index in [-0.39, 0.29) is 12.3 Å². The maximum atomic E-state index is 11.6. The highest BCUT2D eigenvalue weighted by Crippen LogP contribution is 2.17. The average molecular weight is 310 g/mol. The molecule has 21 heavy (non-hydrogen) atoms. The van der Waals surface area contributed by atoms with E-state index in [0.717, 1.165) is 12.8 Å². The normalized spacial score (nSPS) is 14.5. The highest BCUT2D eigenvalue weighted by atomic mass is 32.1. The van der Waals surface area contributed by atoms with Crippen LogP contribution in [-0.2, 0) is 4.79 Å². The zero-order chi connectivity index (χ0) is 15.1. The largest absolute Gasteiger partial charge is 0.459 e. The number of nitrogens with one attached hydrogen (secondary N) is 4. The fourth-order valence-electron chi connectivity index (χ4n) is 2.12. The SMILES string of the molecule is O=C(CNC(=O)c1ccco1)NNC(=S)NC1CCCC1. The smallest absolute Gasteiger partial charge is 0.287 e. The van der Waals surface area contributed by atoms with Crippen LogP contribution in [0.3, 0.4) is 0 Å². The summed E-state index contributed by atoms with van der Waals surface area (Å²) in [6, 6.07) is 3.50. The maximum absolute atomic E-state index is 11.6. The number of hydrogen-bond acceptors (Lipinski definition) is 4.